The summed E-state index contributed by atoms with van der Waals surface area (Å²) in [5.41, 5.74) is 0.156. The first kappa shape index (κ1) is 12.1. The molecule has 0 rings (SSSR count). The van der Waals surface area contributed by atoms with Crippen LogP contribution in [-0.2, 0) is 14.9 Å². The van der Waals surface area contributed by atoms with Gasteiger partial charge in [-0.15, -0.1) is 0 Å². The van der Waals surface area contributed by atoms with Crippen LogP contribution < -0.4 is 0 Å². The number of hydrogen-bond donors (Lipinski definition) is 2. The lowest BCUT2D eigenvalue weighted by Gasteiger charge is -1.99. The summed E-state index contributed by atoms with van der Waals surface area (Å²) >= 11 is 0. The molecule has 0 heterocycles. The first-order valence-corrected chi connectivity index (χ1v) is 5.31. The van der Waals surface area contributed by atoms with Crippen molar-refractivity contribution in [1.29, 1.82) is 0 Å². The maximum absolute atomic E-state index is 10.4. The zero-order valence-corrected chi connectivity index (χ0v) is 8.04. The van der Waals surface area contributed by atoms with Gasteiger partial charge in [0.1, 0.15) is 0 Å². The minimum absolute atomic E-state index is 0.116. The summed E-state index contributed by atoms with van der Waals surface area (Å²) in [6.07, 6.45) is 1.67. The molecule has 0 atom stereocenters. The van der Waals surface area contributed by atoms with Crippen LogP contribution in [0.25, 0.3) is 0 Å². The molecule has 6 heteroatoms. The number of aliphatic carboxylic acids is 1. The molecule has 0 aromatic heterocycles. The summed E-state index contributed by atoms with van der Waals surface area (Å²) in [7, 11) is -3.97. The molecule has 0 aliphatic carbocycles. The second kappa shape index (κ2) is 4.98. The van der Waals surface area contributed by atoms with Crippen molar-refractivity contribution in [2.75, 3.05) is 5.75 Å². The van der Waals surface area contributed by atoms with Crippen LogP contribution in [0.2, 0.25) is 0 Å². The van der Waals surface area contributed by atoms with Gasteiger partial charge >= 0.3 is 5.97 Å². The summed E-state index contributed by atoms with van der Waals surface area (Å²) in [6.45, 7) is 1.57. The summed E-state index contributed by atoms with van der Waals surface area (Å²) in [5.74, 6) is -1.46. The second-order valence-electron chi connectivity index (χ2n) is 2.51. The standard InChI is InChI=1S/C7H12O5S/c1-2-6(7(8)9)4-3-5-13(10,11)12/h2H,3-5H2,1H3,(H,8,9)(H,10,11,12). The van der Waals surface area contributed by atoms with Crippen LogP contribution in [0.1, 0.15) is 19.8 Å². The van der Waals surface area contributed by atoms with Gasteiger partial charge in [0.15, 0.2) is 0 Å². The van der Waals surface area contributed by atoms with Crippen LogP contribution in [0.3, 0.4) is 0 Å². The largest absolute Gasteiger partial charge is 0.478 e. The van der Waals surface area contributed by atoms with E-state index in [1.165, 1.54) is 6.08 Å². The summed E-state index contributed by atoms with van der Waals surface area (Å²) in [5, 5.41) is 8.52. The predicted molar refractivity (Wildman–Crippen MR) is 47.0 cm³/mol. The Labute approximate surface area is 76.8 Å². The fourth-order valence-corrected chi connectivity index (χ4v) is 1.33. The van der Waals surface area contributed by atoms with E-state index >= 15 is 0 Å². The quantitative estimate of drug-likeness (QED) is 0.512. The third kappa shape index (κ3) is 6.30. The first-order valence-electron chi connectivity index (χ1n) is 3.70. The molecule has 0 saturated heterocycles. The van der Waals surface area contributed by atoms with Crippen molar-refractivity contribution >= 4 is 16.1 Å². The Morgan fingerprint density at radius 1 is 1.46 bits per heavy atom. The molecule has 5 nitrogen and oxygen atoms in total. The molecular weight excluding hydrogens is 196 g/mol. The maximum Gasteiger partial charge on any atom is 0.331 e. The van der Waals surface area contributed by atoms with Crippen molar-refractivity contribution in [1.82, 2.24) is 0 Å². The Balaban J connectivity index is 3.97. The number of hydrogen-bond acceptors (Lipinski definition) is 3. The lowest BCUT2D eigenvalue weighted by molar-refractivity contribution is -0.132. The molecule has 0 amide bonds. The van der Waals surface area contributed by atoms with Gasteiger partial charge < -0.3 is 5.11 Å². The SMILES string of the molecule is CC=C(CCCS(=O)(=O)O)C(=O)O. The fraction of sp³-hybridized carbons (Fsp3) is 0.571. The number of rotatable bonds is 5. The monoisotopic (exact) mass is 208 g/mol. The molecule has 0 spiro atoms. The van der Waals surface area contributed by atoms with Gasteiger partial charge in [-0.2, -0.15) is 8.42 Å². The van der Waals surface area contributed by atoms with Crippen molar-refractivity contribution < 1.29 is 22.9 Å². The smallest absolute Gasteiger partial charge is 0.331 e. The van der Waals surface area contributed by atoms with E-state index in [-0.39, 0.29) is 18.4 Å². The van der Waals surface area contributed by atoms with Gasteiger partial charge in [0.05, 0.1) is 5.75 Å². The second-order valence-corrected chi connectivity index (χ2v) is 4.08. The van der Waals surface area contributed by atoms with E-state index in [1.807, 2.05) is 0 Å². The molecule has 0 bridgehead atoms. The highest BCUT2D eigenvalue weighted by Crippen LogP contribution is 2.06. The van der Waals surface area contributed by atoms with Gasteiger partial charge in [-0.1, -0.05) is 6.08 Å². The van der Waals surface area contributed by atoms with Crippen molar-refractivity contribution in [3.63, 3.8) is 0 Å². The Kier molecular flexibility index (Phi) is 4.64. The van der Waals surface area contributed by atoms with E-state index < -0.39 is 21.8 Å². The molecule has 0 aliphatic heterocycles. The third-order valence-corrected chi connectivity index (χ3v) is 2.28. The van der Waals surface area contributed by atoms with Gasteiger partial charge in [-0.05, 0) is 19.8 Å². The van der Waals surface area contributed by atoms with Crippen LogP contribution in [0, 0.1) is 0 Å². The fourth-order valence-electron chi connectivity index (χ4n) is 0.820. The van der Waals surface area contributed by atoms with Crippen LogP contribution in [0.4, 0.5) is 0 Å². The van der Waals surface area contributed by atoms with E-state index in [9.17, 15) is 13.2 Å². The number of carboxylic acids is 1. The van der Waals surface area contributed by atoms with E-state index in [2.05, 4.69) is 0 Å². The summed E-state index contributed by atoms with van der Waals surface area (Å²) < 4.78 is 28.9. The number of carboxylic acid groups (broad SMARTS) is 1. The van der Waals surface area contributed by atoms with E-state index in [0.717, 1.165) is 0 Å². The summed E-state index contributed by atoms with van der Waals surface area (Å²) in [4.78, 5) is 10.4. The van der Waals surface area contributed by atoms with Gasteiger partial charge in [0.25, 0.3) is 10.1 Å². The normalized spacial score (nSPS) is 12.9. The van der Waals surface area contributed by atoms with Crippen molar-refractivity contribution in [2.24, 2.45) is 0 Å². The Morgan fingerprint density at radius 2 is 2.00 bits per heavy atom. The van der Waals surface area contributed by atoms with Gasteiger partial charge in [-0.25, -0.2) is 4.79 Å². The van der Waals surface area contributed by atoms with E-state index in [1.54, 1.807) is 6.92 Å². The molecule has 0 radical (unpaired) electrons. The molecule has 0 fully saturated rings. The van der Waals surface area contributed by atoms with Crippen molar-refractivity contribution in [3.8, 4) is 0 Å². The molecular formula is C7H12O5S. The van der Waals surface area contributed by atoms with E-state index in [4.69, 9.17) is 9.66 Å². The van der Waals surface area contributed by atoms with Crippen LogP contribution in [0.5, 0.6) is 0 Å². The highest BCUT2D eigenvalue weighted by Gasteiger charge is 2.08. The van der Waals surface area contributed by atoms with Gasteiger partial charge in [-0.3, -0.25) is 4.55 Å². The first-order chi connectivity index (χ1) is 5.87. The lowest BCUT2D eigenvalue weighted by Crippen LogP contribution is -2.06. The molecule has 0 saturated carbocycles. The van der Waals surface area contributed by atoms with Crippen LogP contribution >= 0.6 is 0 Å². The van der Waals surface area contributed by atoms with Gasteiger partial charge in [0.2, 0.25) is 0 Å². The average Bonchev–Trinajstić information content (AvgIpc) is 1.95. The summed E-state index contributed by atoms with van der Waals surface area (Å²) in [6, 6.07) is 0. The molecule has 0 aliphatic rings. The van der Waals surface area contributed by atoms with Crippen molar-refractivity contribution in [2.45, 2.75) is 19.8 Å². The zero-order chi connectivity index (χ0) is 10.5. The predicted octanol–water partition coefficient (Wildman–Crippen LogP) is 0.685. The van der Waals surface area contributed by atoms with E-state index in [0.29, 0.717) is 0 Å². The maximum atomic E-state index is 10.4. The highest BCUT2D eigenvalue weighted by atomic mass is 32.2. The Bertz CT molecular complexity index is 301. The number of allylic oxidation sites excluding steroid dienone is 1. The molecule has 0 unspecified atom stereocenters. The van der Waals surface area contributed by atoms with Crippen LogP contribution in [0.15, 0.2) is 11.6 Å². The van der Waals surface area contributed by atoms with Crippen LogP contribution in [-0.4, -0.2) is 29.8 Å². The lowest BCUT2D eigenvalue weighted by atomic mass is 10.1. The minimum atomic E-state index is -3.97. The average molecular weight is 208 g/mol. The van der Waals surface area contributed by atoms with Gasteiger partial charge in [0, 0.05) is 5.57 Å². The van der Waals surface area contributed by atoms with Crippen molar-refractivity contribution in [3.05, 3.63) is 11.6 Å². The topological polar surface area (TPSA) is 91.7 Å². The minimum Gasteiger partial charge on any atom is -0.478 e. The molecule has 2 N–H and O–H groups in total. The number of carbonyl (C=O) groups is 1. The third-order valence-electron chi connectivity index (χ3n) is 1.47. The molecule has 13 heavy (non-hydrogen) atoms. The Morgan fingerprint density at radius 3 is 2.31 bits per heavy atom. The molecule has 0 aromatic rings. The zero-order valence-electron chi connectivity index (χ0n) is 7.23. The molecule has 0 aromatic carbocycles. The highest BCUT2D eigenvalue weighted by molar-refractivity contribution is 7.85. The molecule has 76 valence electrons. The Hall–Kier alpha value is -0.880.